The molecule has 0 saturated heterocycles. The zero-order chi connectivity index (χ0) is 10.9. The first-order chi connectivity index (χ1) is 7.34. The lowest BCUT2D eigenvalue weighted by molar-refractivity contribution is -0.122. The fourth-order valence-electron chi connectivity index (χ4n) is 1.60. The van der Waals surface area contributed by atoms with Crippen molar-refractivity contribution >= 4 is 5.78 Å². The van der Waals surface area contributed by atoms with E-state index in [0.29, 0.717) is 5.78 Å². The van der Waals surface area contributed by atoms with Crippen molar-refractivity contribution < 1.29 is 4.79 Å². The number of hydrogen-bond donors (Lipinski definition) is 1. The molecule has 1 aliphatic rings. The van der Waals surface area contributed by atoms with Gasteiger partial charge < -0.3 is 5.32 Å². The fraction of sp³-hybridized carbons (Fsp3) is 0.500. The number of likely N-dealkylation sites (N-methyl/N-ethyl adjacent to an activating group) is 1. The van der Waals surface area contributed by atoms with Crippen LogP contribution in [0.2, 0.25) is 0 Å². The van der Waals surface area contributed by atoms with Gasteiger partial charge in [-0.25, -0.2) is 0 Å². The minimum atomic E-state index is 0.166. The van der Waals surface area contributed by atoms with Crippen LogP contribution in [0.4, 0.5) is 0 Å². The Morgan fingerprint density at radius 3 is 2.33 bits per heavy atom. The Balaban J connectivity index is 0.000000162. The predicted octanol–water partition coefficient (Wildman–Crippen LogP) is 1.80. The molecule has 0 aromatic carbocycles. The lowest BCUT2D eigenvalue weighted by Crippen LogP contribution is -2.36. The molecule has 1 atom stereocenters. The molecule has 0 radical (unpaired) electrons. The van der Waals surface area contributed by atoms with E-state index < -0.39 is 0 Å². The standard InChI is InChI=1S/C7H13NO.C5H5N/c1-8-6-4-2-3-5-7(6)9;1-2-4-6-5-3-1/h6,8H,2-5H2,1H3;1-5H. The van der Waals surface area contributed by atoms with Gasteiger partial charge in [0.15, 0.2) is 0 Å². The van der Waals surface area contributed by atoms with Gasteiger partial charge >= 0.3 is 0 Å². The van der Waals surface area contributed by atoms with Gasteiger partial charge in [-0.3, -0.25) is 9.78 Å². The van der Waals surface area contributed by atoms with Crippen LogP contribution in [0.15, 0.2) is 30.6 Å². The lowest BCUT2D eigenvalue weighted by Gasteiger charge is -2.18. The van der Waals surface area contributed by atoms with Gasteiger partial charge in [0.25, 0.3) is 0 Å². The molecule has 0 bridgehead atoms. The predicted molar refractivity (Wildman–Crippen MR) is 60.6 cm³/mol. The van der Waals surface area contributed by atoms with Gasteiger partial charge in [0, 0.05) is 18.8 Å². The molecule has 1 aromatic rings. The first-order valence-corrected chi connectivity index (χ1v) is 5.39. The fourth-order valence-corrected chi connectivity index (χ4v) is 1.60. The van der Waals surface area contributed by atoms with Crippen LogP contribution < -0.4 is 5.32 Å². The van der Waals surface area contributed by atoms with Crippen molar-refractivity contribution in [2.45, 2.75) is 31.7 Å². The summed E-state index contributed by atoms with van der Waals surface area (Å²) in [4.78, 5) is 14.7. The zero-order valence-corrected chi connectivity index (χ0v) is 9.15. The second kappa shape index (κ2) is 7.12. The van der Waals surface area contributed by atoms with Crippen molar-refractivity contribution in [2.75, 3.05) is 7.05 Å². The summed E-state index contributed by atoms with van der Waals surface area (Å²) in [6, 6.07) is 5.88. The minimum Gasteiger partial charge on any atom is -0.311 e. The molecule has 3 nitrogen and oxygen atoms in total. The number of carbonyl (C=O) groups excluding carboxylic acids is 1. The van der Waals surface area contributed by atoms with Crippen LogP contribution in [-0.2, 0) is 4.79 Å². The molecule has 0 spiro atoms. The molecule has 1 aromatic heterocycles. The molecule has 1 aliphatic carbocycles. The third-order valence-corrected chi connectivity index (χ3v) is 2.47. The van der Waals surface area contributed by atoms with Crippen LogP contribution in [0.5, 0.6) is 0 Å². The van der Waals surface area contributed by atoms with Gasteiger partial charge in [-0.15, -0.1) is 0 Å². The Morgan fingerprint density at radius 2 is 2.00 bits per heavy atom. The van der Waals surface area contributed by atoms with Crippen LogP contribution in [-0.4, -0.2) is 23.9 Å². The normalized spacial score (nSPS) is 20.3. The number of hydrogen-bond acceptors (Lipinski definition) is 3. The van der Waals surface area contributed by atoms with E-state index >= 15 is 0 Å². The highest BCUT2D eigenvalue weighted by atomic mass is 16.1. The Labute approximate surface area is 90.9 Å². The van der Waals surface area contributed by atoms with Gasteiger partial charge in [0.2, 0.25) is 0 Å². The Hall–Kier alpha value is -1.22. The van der Waals surface area contributed by atoms with E-state index in [-0.39, 0.29) is 6.04 Å². The molecule has 3 heteroatoms. The topological polar surface area (TPSA) is 42.0 Å². The van der Waals surface area contributed by atoms with E-state index in [9.17, 15) is 4.79 Å². The monoisotopic (exact) mass is 206 g/mol. The maximum absolute atomic E-state index is 11.0. The summed E-state index contributed by atoms with van der Waals surface area (Å²) in [5, 5.41) is 3.00. The van der Waals surface area contributed by atoms with E-state index in [1.54, 1.807) is 12.4 Å². The van der Waals surface area contributed by atoms with Crippen LogP contribution >= 0.6 is 0 Å². The molecule has 1 fully saturated rings. The minimum absolute atomic E-state index is 0.166. The Kier molecular flexibility index (Phi) is 5.63. The molecule has 1 saturated carbocycles. The van der Waals surface area contributed by atoms with Gasteiger partial charge in [0.05, 0.1) is 6.04 Å². The number of nitrogens with zero attached hydrogens (tertiary/aromatic N) is 1. The summed E-state index contributed by atoms with van der Waals surface area (Å²) in [5.74, 6) is 0.392. The molecule has 15 heavy (non-hydrogen) atoms. The maximum Gasteiger partial charge on any atom is 0.149 e. The van der Waals surface area contributed by atoms with Crippen LogP contribution in [0, 0.1) is 0 Å². The third-order valence-electron chi connectivity index (χ3n) is 2.47. The summed E-state index contributed by atoms with van der Waals surface area (Å²) in [6.45, 7) is 0. The van der Waals surface area contributed by atoms with Gasteiger partial charge in [0.1, 0.15) is 5.78 Å². The van der Waals surface area contributed by atoms with Crippen LogP contribution in [0.3, 0.4) is 0 Å². The summed E-state index contributed by atoms with van der Waals surface area (Å²) < 4.78 is 0. The largest absolute Gasteiger partial charge is 0.311 e. The highest BCUT2D eigenvalue weighted by Gasteiger charge is 2.19. The van der Waals surface area contributed by atoms with E-state index in [2.05, 4.69) is 10.3 Å². The van der Waals surface area contributed by atoms with Crippen molar-refractivity contribution in [1.82, 2.24) is 10.3 Å². The average molecular weight is 206 g/mol. The molecule has 1 N–H and O–H groups in total. The van der Waals surface area contributed by atoms with Crippen molar-refractivity contribution in [3.8, 4) is 0 Å². The molecule has 0 aliphatic heterocycles. The third kappa shape index (κ3) is 4.70. The van der Waals surface area contributed by atoms with Crippen molar-refractivity contribution in [3.63, 3.8) is 0 Å². The molecule has 0 amide bonds. The Morgan fingerprint density at radius 1 is 1.27 bits per heavy atom. The molecular formula is C12H18N2O. The van der Waals surface area contributed by atoms with E-state index in [1.807, 2.05) is 25.2 Å². The van der Waals surface area contributed by atoms with Crippen molar-refractivity contribution in [3.05, 3.63) is 30.6 Å². The molecular weight excluding hydrogens is 188 g/mol. The number of Topliss-reactive ketones (excluding diaryl/α,β-unsaturated/α-hetero) is 1. The van der Waals surface area contributed by atoms with Crippen molar-refractivity contribution in [2.24, 2.45) is 0 Å². The first-order valence-electron chi connectivity index (χ1n) is 5.39. The quantitative estimate of drug-likeness (QED) is 0.761. The van der Waals surface area contributed by atoms with Gasteiger partial charge in [-0.1, -0.05) is 12.5 Å². The zero-order valence-electron chi connectivity index (χ0n) is 9.15. The van der Waals surface area contributed by atoms with E-state index in [4.69, 9.17) is 0 Å². The van der Waals surface area contributed by atoms with Gasteiger partial charge in [-0.2, -0.15) is 0 Å². The van der Waals surface area contributed by atoms with Crippen LogP contribution in [0.25, 0.3) is 0 Å². The number of ketones is 1. The second-order valence-electron chi connectivity index (χ2n) is 3.58. The molecule has 1 unspecified atom stereocenters. The first kappa shape index (κ1) is 11.9. The highest BCUT2D eigenvalue weighted by molar-refractivity contribution is 5.84. The molecule has 1 heterocycles. The second-order valence-corrected chi connectivity index (χ2v) is 3.58. The van der Waals surface area contributed by atoms with Crippen molar-refractivity contribution in [1.29, 1.82) is 0 Å². The summed E-state index contributed by atoms with van der Waals surface area (Å²) in [6.07, 6.45) is 7.62. The number of nitrogens with one attached hydrogen (secondary N) is 1. The number of rotatable bonds is 1. The van der Waals surface area contributed by atoms with E-state index in [0.717, 1.165) is 19.3 Å². The Bertz CT molecular complexity index is 248. The smallest absolute Gasteiger partial charge is 0.149 e. The maximum atomic E-state index is 11.0. The number of aromatic nitrogens is 1. The SMILES string of the molecule is CNC1CCCCC1=O.c1ccncc1. The number of pyridine rings is 1. The number of carbonyl (C=O) groups is 1. The summed E-state index contributed by atoms with van der Waals surface area (Å²) >= 11 is 0. The summed E-state index contributed by atoms with van der Waals surface area (Å²) in [5.41, 5.74) is 0. The average Bonchev–Trinajstić information content (AvgIpc) is 2.33. The highest BCUT2D eigenvalue weighted by Crippen LogP contribution is 2.13. The summed E-state index contributed by atoms with van der Waals surface area (Å²) in [7, 11) is 1.86. The molecule has 2 rings (SSSR count). The van der Waals surface area contributed by atoms with E-state index in [1.165, 1.54) is 6.42 Å². The van der Waals surface area contributed by atoms with Gasteiger partial charge in [-0.05, 0) is 32.0 Å². The van der Waals surface area contributed by atoms with Crippen LogP contribution in [0.1, 0.15) is 25.7 Å². The lowest BCUT2D eigenvalue weighted by atomic mass is 9.94. The molecule has 82 valence electrons.